The van der Waals surface area contributed by atoms with E-state index >= 15 is 0 Å². The van der Waals surface area contributed by atoms with Crippen LogP contribution in [0.3, 0.4) is 0 Å². The maximum atomic E-state index is 12.4. The summed E-state index contributed by atoms with van der Waals surface area (Å²) in [6, 6.07) is 8.76. The number of hydrogen-bond acceptors (Lipinski definition) is 7. The molecule has 3 rings (SSSR count). The summed E-state index contributed by atoms with van der Waals surface area (Å²) in [6.45, 7) is 5.48. The van der Waals surface area contributed by atoms with E-state index in [4.69, 9.17) is 21.1 Å². The standard InChI is InChI=1S/C21H28ClN3O4S/c1-14(16-6-7-17(22)21(29-3)20(16)28-2)24-18-13-15(25-11-9-23-10-12-25)5-8-19(18)30(4,26)27/h5-8,13-14,23-24H,9-12H2,1-4H3. The fourth-order valence-electron chi connectivity index (χ4n) is 3.68. The summed E-state index contributed by atoms with van der Waals surface area (Å²) in [5.41, 5.74) is 2.35. The molecule has 2 aromatic rings. The Morgan fingerprint density at radius 3 is 2.37 bits per heavy atom. The Bertz CT molecular complexity index is 1010. The van der Waals surface area contributed by atoms with E-state index in [1.165, 1.54) is 13.4 Å². The molecule has 0 amide bonds. The summed E-state index contributed by atoms with van der Waals surface area (Å²) in [5, 5.41) is 7.13. The molecule has 0 bridgehead atoms. The van der Waals surface area contributed by atoms with Crippen molar-refractivity contribution < 1.29 is 17.9 Å². The summed E-state index contributed by atoms with van der Waals surface area (Å²) in [6.07, 6.45) is 1.22. The van der Waals surface area contributed by atoms with E-state index in [2.05, 4.69) is 15.5 Å². The summed E-state index contributed by atoms with van der Waals surface area (Å²) >= 11 is 6.22. The maximum absolute atomic E-state index is 12.4. The molecule has 2 aromatic carbocycles. The highest BCUT2D eigenvalue weighted by Crippen LogP contribution is 2.41. The van der Waals surface area contributed by atoms with Crippen LogP contribution in [0.2, 0.25) is 5.02 Å². The minimum Gasteiger partial charge on any atom is -0.492 e. The van der Waals surface area contributed by atoms with Crippen molar-refractivity contribution in [2.24, 2.45) is 0 Å². The molecule has 1 heterocycles. The number of halogens is 1. The number of nitrogens with one attached hydrogen (secondary N) is 2. The van der Waals surface area contributed by atoms with Crippen molar-refractivity contribution in [1.29, 1.82) is 0 Å². The summed E-state index contributed by atoms with van der Waals surface area (Å²) in [4.78, 5) is 2.50. The monoisotopic (exact) mass is 453 g/mol. The lowest BCUT2D eigenvalue weighted by Crippen LogP contribution is -2.43. The second-order valence-electron chi connectivity index (χ2n) is 7.26. The van der Waals surface area contributed by atoms with E-state index in [0.717, 1.165) is 37.4 Å². The highest BCUT2D eigenvalue weighted by molar-refractivity contribution is 7.90. The van der Waals surface area contributed by atoms with Crippen LogP contribution in [-0.2, 0) is 9.84 Å². The van der Waals surface area contributed by atoms with E-state index in [1.54, 1.807) is 19.2 Å². The molecule has 164 valence electrons. The van der Waals surface area contributed by atoms with E-state index in [-0.39, 0.29) is 10.9 Å². The molecule has 1 atom stereocenters. The smallest absolute Gasteiger partial charge is 0.179 e. The minimum absolute atomic E-state index is 0.258. The molecule has 7 nitrogen and oxygen atoms in total. The lowest BCUT2D eigenvalue weighted by Gasteiger charge is -2.30. The van der Waals surface area contributed by atoms with Gasteiger partial charge in [-0.15, -0.1) is 0 Å². The van der Waals surface area contributed by atoms with Crippen molar-refractivity contribution >= 4 is 32.8 Å². The van der Waals surface area contributed by atoms with Crippen molar-refractivity contribution in [1.82, 2.24) is 5.32 Å². The topological polar surface area (TPSA) is 79.9 Å². The predicted octanol–water partition coefficient (Wildman–Crippen LogP) is 3.34. The van der Waals surface area contributed by atoms with Gasteiger partial charge in [-0.25, -0.2) is 8.42 Å². The van der Waals surface area contributed by atoms with Gasteiger partial charge in [-0.2, -0.15) is 0 Å². The largest absolute Gasteiger partial charge is 0.492 e. The van der Waals surface area contributed by atoms with Gasteiger partial charge in [0, 0.05) is 43.7 Å². The first kappa shape index (κ1) is 22.5. The fraction of sp³-hybridized carbons (Fsp3) is 0.429. The van der Waals surface area contributed by atoms with Gasteiger partial charge in [-0.3, -0.25) is 0 Å². The molecular weight excluding hydrogens is 426 g/mol. The number of benzene rings is 2. The minimum atomic E-state index is -3.41. The average Bonchev–Trinajstić information content (AvgIpc) is 2.73. The van der Waals surface area contributed by atoms with Crippen molar-refractivity contribution in [3.8, 4) is 11.5 Å². The number of piperazine rings is 1. The predicted molar refractivity (Wildman–Crippen MR) is 121 cm³/mol. The number of nitrogens with zero attached hydrogens (tertiary/aromatic N) is 1. The molecule has 1 saturated heterocycles. The maximum Gasteiger partial charge on any atom is 0.179 e. The third-order valence-electron chi connectivity index (χ3n) is 5.19. The van der Waals surface area contributed by atoms with Gasteiger partial charge in [0.25, 0.3) is 0 Å². The highest BCUT2D eigenvalue weighted by atomic mass is 35.5. The second-order valence-corrected chi connectivity index (χ2v) is 9.65. The van der Waals surface area contributed by atoms with Gasteiger partial charge in [0.2, 0.25) is 0 Å². The van der Waals surface area contributed by atoms with Crippen LogP contribution >= 0.6 is 11.6 Å². The number of rotatable bonds is 7. The van der Waals surface area contributed by atoms with Crippen LogP contribution in [0.25, 0.3) is 0 Å². The van der Waals surface area contributed by atoms with Crippen LogP contribution in [0, 0.1) is 0 Å². The van der Waals surface area contributed by atoms with Crippen molar-refractivity contribution in [3.05, 3.63) is 40.9 Å². The Morgan fingerprint density at radius 2 is 1.77 bits per heavy atom. The molecular formula is C21H28ClN3O4S. The summed E-state index contributed by atoms with van der Waals surface area (Å²) < 4.78 is 35.7. The Kier molecular flexibility index (Phi) is 7.00. The zero-order valence-corrected chi connectivity index (χ0v) is 19.2. The zero-order valence-electron chi connectivity index (χ0n) is 17.7. The van der Waals surface area contributed by atoms with Crippen molar-refractivity contribution in [2.75, 3.05) is 56.9 Å². The number of methoxy groups -OCH3 is 2. The normalized spacial score (nSPS) is 15.6. The lowest BCUT2D eigenvalue weighted by molar-refractivity contribution is 0.351. The number of hydrogen-bond donors (Lipinski definition) is 2. The molecule has 0 aliphatic carbocycles. The molecule has 1 unspecified atom stereocenters. The van der Waals surface area contributed by atoms with Gasteiger partial charge < -0.3 is 25.0 Å². The van der Waals surface area contributed by atoms with E-state index < -0.39 is 9.84 Å². The lowest BCUT2D eigenvalue weighted by atomic mass is 10.1. The van der Waals surface area contributed by atoms with Gasteiger partial charge in [0.1, 0.15) is 0 Å². The molecule has 0 spiro atoms. The van der Waals surface area contributed by atoms with Crippen LogP contribution < -0.4 is 25.0 Å². The van der Waals surface area contributed by atoms with Crippen LogP contribution in [0.15, 0.2) is 35.2 Å². The number of ether oxygens (including phenoxy) is 2. The van der Waals surface area contributed by atoms with Gasteiger partial charge >= 0.3 is 0 Å². The average molecular weight is 454 g/mol. The van der Waals surface area contributed by atoms with E-state index in [9.17, 15) is 8.42 Å². The Balaban J connectivity index is 2.00. The van der Waals surface area contributed by atoms with Gasteiger partial charge in [0.15, 0.2) is 21.3 Å². The Hall–Kier alpha value is -2.16. The molecule has 1 aliphatic rings. The zero-order chi connectivity index (χ0) is 21.9. The van der Waals surface area contributed by atoms with E-state index in [1.807, 2.05) is 25.1 Å². The Morgan fingerprint density at radius 1 is 1.10 bits per heavy atom. The number of anilines is 2. The van der Waals surface area contributed by atoms with Crippen LogP contribution in [0.1, 0.15) is 18.5 Å². The molecule has 2 N–H and O–H groups in total. The Labute approximate surface area is 183 Å². The first-order valence-electron chi connectivity index (χ1n) is 9.73. The SMILES string of the molecule is COc1c(Cl)ccc(C(C)Nc2cc(N3CCNCC3)ccc2S(C)(=O)=O)c1OC. The molecule has 1 aliphatic heterocycles. The van der Waals surface area contributed by atoms with E-state index in [0.29, 0.717) is 22.2 Å². The van der Waals surface area contributed by atoms with Crippen LogP contribution in [0.4, 0.5) is 11.4 Å². The third-order valence-corrected chi connectivity index (χ3v) is 6.64. The van der Waals surface area contributed by atoms with Gasteiger partial charge in [0.05, 0.1) is 35.9 Å². The molecule has 1 fully saturated rings. The molecule has 0 saturated carbocycles. The van der Waals surface area contributed by atoms with Crippen LogP contribution in [-0.4, -0.2) is 55.1 Å². The first-order chi connectivity index (χ1) is 14.3. The quantitative estimate of drug-likeness (QED) is 0.665. The van der Waals surface area contributed by atoms with Crippen LogP contribution in [0.5, 0.6) is 11.5 Å². The molecule has 0 radical (unpaired) electrons. The third kappa shape index (κ3) is 4.77. The van der Waals surface area contributed by atoms with Crippen molar-refractivity contribution in [2.45, 2.75) is 17.9 Å². The first-order valence-corrected chi connectivity index (χ1v) is 12.0. The van der Waals surface area contributed by atoms with Gasteiger partial charge in [-0.05, 0) is 31.2 Å². The summed E-state index contributed by atoms with van der Waals surface area (Å²) in [5.74, 6) is 0.965. The number of sulfone groups is 1. The molecule has 30 heavy (non-hydrogen) atoms. The highest BCUT2D eigenvalue weighted by Gasteiger charge is 2.22. The van der Waals surface area contributed by atoms with Crippen molar-refractivity contribution in [3.63, 3.8) is 0 Å². The summed E-state index contributed by atoms with van der Waals surface area (Å²) in [7, 11) is -0.329. The molecule has 0 aromatic heterocycles. The van der Waals surface area contributed by atoms with Gasteiger partial charge in [-0.1, -0.05) is 17.7 Å². The fourth-order valence-corrected chi connectivity index (χ4v) is 4.74. The second kappa shape index (κ2) is 9.32. The molecule has 9 heteroatoms.